The van der Waals surface area contributed by atoms with Gasteiger partial charge in [0.1, 0.15) is 27.8 Å². The van der Waals surface area contributed by atoms with Crippen LogP contribution in [0.2, 0.25) is 0 Å². The number of rotatable bonds is 3. The van der Waals surface area contributed by atoms with E-state index in [-0.39, 0.29) is 28.4 Å². The van der Waals surface area contributed by atoms with Gasteiger partial charge in [0.25, 0.3) is 0 Å². The van der Waals surface area contributed by atoms with Crippen molar-refractivity contribution in [3.05, 3.63) is 60.2 Å². The summed E-state index contributed by atoms with van der Waals surface area (Å²) in [5.41, 5.74) is 2.79. The van der Waals surface area contributed by atoms with Gasteiger partial charge in [-0.25, -0.2) is 0 Å². The molecule has 0 fully saturated rings. The van der Waals surface area contributed by atoms with Crippen LogP contribution in [0.25, 0.3) is 33.4 Å². The van der Waals surface area contributed by atoms with Gasteiger partial charge < -0.3 is 15.3 Å². The van der Waals surface area contributed by atoms with Crippen molar-refractivity contribution in [3.8, 4) is 22.9 Å². The molecule has 9 heteroatoms. The monoisotopic (exact) mass is 388 g/mol. The Bertz CT molecular complexity index is 1310. The first-order valence-corrected chi connectivity index (χ1v) is 8.95. The summed E-state index contributed by atoms with van der Waals surface area (Å²) in [6.45, 7) is 1.51. The van der Waals surface area contributed by atoms with E-state index in [1.807, 2.05) is 24.3 Å². The van der Waals surface area contributed by atoms with Crippen LogP contribution >= 0.6 is 0 Å². The molecular formula is C20H16N6O3. The number of benzene rings is 3. The van der Waals surface area contributed by atoms with Crippen molar-refractivity contribution in [2.45, 2.75) is 13.0 Å². The van der Waals surface area contributed by atoms with Crippen LogP contribution in [-0.4, -0.2) is 45.3 Å². The molecule has 0 aliphatic carbocycles. The Morgan fingerprint density at radius 3 is 1.62 bits per heavy atom. The Morgan fingerprint density at radius 1 is 0.724 bits per heavy atom. The molecule has 9 nitrogen and oxygen atoms in total. The van der Waals surface area contributed by atoms with Crippen molar-refractivity contribution < 1.29 is 15.3 Å². The van der Waals surface area contributed by atoms with E-state index in [0.29, 0.717) is 22.1 Å². The molecule has 0 aliphatic rings. The Labute approximate surface area is 164 Å². The molecule has 2 aromatic heterocycles. The molecule has 0 bridgehead atoms. The molecule has 5 rings (SSSR count). The van der Waals surface area contributed by atoms with Crippen LogP contribution in [0, 0.1) is 0 Å². The number of nitrogens with zero attached hydrogens (tertiary/aromatic N) is 6. The largest absolute Gasteiger partial charge is 0.505 e. The van der Waals surface area contributed by atoms with Crippen molar-refractivity contribution in [3.63, 3.8) is 0 Å². The zero-order valence-corrected chi connectivity index (χ0v) is 15.3. The van der Waals surface area contributed by atoms with E-state index >= 15 is 0 Å². The van der Waals surface area contributed by atoms with Gasteiger partial charge in [-0.15, -0.1) is 30.0 Å². The SMILES string of the molecule is CC(O)c1cc(-n2nc3ccccc3n2)c(O)c(-n2nc3ccccc3n2)c1O. The van der Waals surface area contributed by atoms with E-state index < -0.39 is 6.10 Å². The van der Waals surface area contributed by atoms with E-state index in [0.717, 1.165) is 4.80 Å². The van der Waals surface area contributed by atoms with Gasteiger partial charge in [0.05, 0.1) is 6.10 Å². The Hall–Kier alpha value is -3.98. The van der Waals surface area contributed by atoms with Gasteiger partial charge >= 0.3 is 0 Å². The summed E-state index contributed by atoms with van der Waals surface area (Å²) in [5.74, 6) is -0.634. The average molecular weight is 388 g/mol. The lowest BCUT2D eigenvalue weighted by molar-refractivity contribution is 0.194. The molecule has 1 atom stereocenters. The zero-order valence-electron chi connectivity index (χ0n) is 15.3. The average Bonchev–Trinajstić information content (AvgIpc) is 3.31. The van der Waals surface area contributed by atoms with Crippen LogP contribution in [-0.2, 0) is 0 Å². The van der Waals surface area contributed by atoms with Gasteiger partial charge in [0.2, 0.25) is 0 Å². The Kier molecular flexibility index (Phi) is 3.71. The van der Waals surface area contributed by atoms with Gasteiger partial charge in [0, 0.05) is 5.56 Å². The maximum absolute atomic E-state index is 11.0. The van der Waals surface area contributed by atoms with Gasteiger partial charge in [-0.05, 0) is 37.3 Å². The Morgan fingerprint density at radius 2 is 1.17 bits per heavy atom. The van der Waals surface area contributed by atoms with Gasteiger partial charge in [-0.2, -0.15) is 0 Å². The molecule has 0 aliphatic heterocycles. The van der Waals surface area contributed by atoms with Crippen LogP contribution in [0.4, 0.5) is 0 Å². The predicted octanol–water partition coefficient (Wildman–Crippen LogP) is 2.62. The van der Waals surface area contributed by atoms with Gasteiger partial charge in [-0.1, -0.05) is 24.3 Å². The summed E-state index contributed by atoms with van der Waals surface area (Å²) in [6, 6.07) is 15.9. The fraction of sp³-hybridized carbons (Fsp3) is 0.100. The van der Waals surface area contributed by atoms with Crippen LogP contribution < -0.4 is 0 Å². The number of aromatic nitrogens is 6. The lowest BCUT2D eigenvalue weighted by Crippen LogP contribution is -2.08. The highest BCUT2D eigenvalue weighted by molar-refractivity contribution is 5.76. The topological polar surface area (TPSA) is 122 Å². The summed E-state index contributed by atoms with van der Waals surface area (Å²) in [6.07, 6.45) is -1.01. The lowest BCUT2D eigenvalue weighted by atomic mass is 10.1. The van der Waals surface area contributed by atoms with E-state index in [4.69, 9.17) is 0 Å². The summed E-state index contributed by atoms with van der Waals surface area (Å²) in [4.78, 5) is 2.41. The molecule has 0 saturated heterocycles. The summed E-state index contributed by atoms with van der Waals surface area (Å²) in [5, 5.41) is 49.4. The second-order valence-corrected chi connectivity index (χ2v) is 6.66. The molecule has 144 valence electrons. The van der Waals surface area contributed by atoms with Crippen molar-refractivity contribution in [1.29, 1.82) is 0 Å². The molecule has 3 N–H and O–H groups in total. The van der Waals surface area contributed by atoms with Crippen LogP contribution in [0.15, 0.2) is 54.6 Å². The minimum Gasteiger partial charge on any atom is -0.505 e. The van der Waals surface area contributed by atoms with Crippen LogP contribution in [0.5, 0.6) is 11.5 Å². The molecule has 3 aromatic carbocycles. The van der Waals surface area contributed by atoms with Crippen LogP contribution in [0.3, 0.4) is 0 Å². The number of aromatic hydroxyl groups is 2. The quantitative estimate of drug-likeness (QED) is 0.434. The first-order chi connectivity index (χ1) is 14.0. The van der Waals surface area contributed by atoms with Gasteiger partial charge in [0.15, 0.2) is 17.2 Å². The maximum Gasteiger partial charge on any atom is 0.174 e. The smallest absolute Gasteiger partial charge is 0.174 e. The molecule has 1 unspecified atom stereocenters. The fourth-order valence-corrected chi connectivity index (χ4v) is 3.24. The minimum absolute atomic E-state index is 0.0593. The second-order valence-electron chi connectivity index (χ2n) is 6.66. The number of aliphatic hydroxyl groups is 1. The van der Waals surface area contributed by atoms with E-state index in [1.165, 1.54) is 17.8 Å². The molecule has 29 heavy (non-hydrogen) atoms. The van der Waals surface area contributed by atoms with Crippen LogP contribution in [0.1, 0.15) is 18.6 Å². The third-order valence-corrected chi connectivity index (χ3v) is 4.70. The lowest BCUT2D eigenvalue weighted by Gasteiger charge is -2.15. The highest BCUT2D eigenvalue weighted by Gasteiger charge is 2.25. The predicted molar refractivity (Wildman–Crippen MR) is 105 cm³/mol. The van der Waals surface area contributed by atoms with E-state index in [1.54, 1.807) is 24.3 Å². The molecule has 5 aromatic rings. The standard InChI is InChI=1S/C20H16N6O3/c1-11(27)12-10-17(25-21-13-6-2-3-7-14(13)22-25)20(29)18(19(12)28)26-23-15-8-4-5-9-16(15)24-26/h2-11,27-29H,1H3. The first-order valence-electron chi connectivity index (χ1n) is 8.95. The molecule has 0 spiro atoms. The molecule has 2 heterocycles. The zero-order chi connectivity index (χ0) is 20.1. The third kappa shape index (κ3) is 2.67. The molecular weight excluding hydrogens is 372 g/mol. The summed E-state index contributed by atoms with van der Waals surface area (Å²) < 4.78 is 0. The third-order valence-electron chi connectivity index (χ3n) is 4.70. The Balaban J connectivity index is 1.80. The number of phenols is 2. The number of phenolic OH excluding ortho intramolecular Hbond substituents is 2. The molecule has 0 amide bonds. The number of hydrogen-bond acceptors (Lipinski definition) is 7. The summed E-state index contributed by atoms with van der Waals surface area (Å²) in [7, 11) is 0. The second kappa shape index (κ2) is 6.28. The molecule has 0 radical (unpaired) electrons. The van der Waals surface area contributed by atoms with E-state index in [9.17, 15) is 15.3 Å². The fourth-order valence-electron chi connectivity index (χ4n) is 3.24. The normalized spacial score (nSPS) is 12.6. The highest BCUT2D eigenvalue weighted by Crippen LogP contribution is 2.41. The van der Waals surface area contributed by atoms with E-state index in [2.05, 4.69) is 20.4 Å². The minimum atomic E-state index is -1.01. The van der Waals surface area contributed by atoms with Crippen molar-refractivity contribution >= 4 is 22.1 Å². The maximum atomic E-state index is 11.0. The summed E-state index contributed by atoms with van der Waals surface area (Å²) >= 11 is 0. The van der Waals surface area contributed by atoms with Gasteiger partial charge in [-0.3, -0.25) is 0 Å². The number of hydrogen-bond donors (Lipinski definition) is 3. The first kappa shape index (κ1) is 17.1. The van der Waals surface area contributed by atoms with Crippen molar-refractivity contribution in [2.75, 3.05) is 0 Å². The van der Waals surface area contributed by atoms with Crippen molar-refractivity contribution in [2.24, 2.45) is 0 Å². The highest BCUT2D eigenvalue weighted by atomic mass is 16.3. The molecule has 0 saturated carbocycles. The number of aliphatic hydroxyl groups excluding tert-OH is 1. The van der Waals surface area contributed by atoms with Crippen molar-refractivity contribution in [1.82, 2.24) is 30.0 Å². The number of fused-ring (bicyclic) bond motifs is 2.